The summed E-state index contributed by atoms with van der Waals surface area (Å²) in [6.07, 6.45) is 2.58. The van der Waals surface area contributed by atoms with Crippen molar-refractivity contribution in [3.8, 4) is 5.75 Å². The third-order valence-electron chi connectivity index (χ3n) is 5.40. The molecule has 0 aliphatic carbocycles. The molecule has 0 bridgehead atoms. The predicted molar refractivity (Wildman–Crippen MR) is 104 cm³/mol. The quantitative estimate of drug-likeness (QED) is 0.878. The van der Waals surface area contributed by atoms with Gasteiger partial charge in [-0.1, -0.05) is 6.07 Å². The lowest BCUT2D eigenvalue weighted by Gasteiger charge is -2.35. The first kappa shape index (κ1) is 19.0. The molecule has 1 aromatic heterocycles. The number of hydrogen-bond donors (Lipinski definition) is 1. The van der Waals surface area contributed by atoms with E-state index in [0.717, 1.165) is 28.1 Å². The van der Waals surface area contributed by atoms with E-state index in [4.69, 9.17) is 4.74 Å². The first-order valence-corrected chi connectivity index (χ1v) is 9.30. The smallest absolute Gasteiger partial charge is 0.228 e. The summed E-state index contributed by atoms with van der Waals surface area (Å²) in [5.41, 5.74) is 4.12. The Bertz CT molecular complexity index is 806. The van der Waals surface area contributed by atoms with Crippen LogP contribution in [-0.4, -0.2) is 59.9 Å². The van der Waals surface area contributed by atoms with Gasteiger partial charge in [0.05, 0.1) is 20.0 Å². The van der Waals surface area contributed by atoms with Crippen LogP contribution in [-0.2, 0) is 22.4 Å². The van der Waals surface area contributed by atoms with Crippen molar-refractivity contribution in [1.82, 2.24) is 14.8 Å². The van der Waals surface area contributed by atoms with E-state index in [-0.39, 0.29) is 11.8 Å². The van der Waals surface area contributed by atoms with E-state index in [2.05, 4.69) is 4.98 Å². The van der Waals surface area contributed by atoms with Crippen LogP contribution >= 0.6 is 0 Å². The number of carbonyl (C=O) groups excluding carboxylic acids is 2. The summed E-state index contributed by atoms with van der Waals surface area (Å²) in [4.78, 5) is 31.8. The molecule has 2 aromatic rings. The van der Waals surface area contributed by atoms with Crippen molar-refractivity contribution < 1.29 is 14.3 Å². The minimum atomic E-state index is 0.103. The number of carbonyl (C=O) groups is 2. The maximum absolute atomic E-state index is 12.7. The molecular weight excluding hydrogens is 342 g/mol. The second-order valence-electron chi connectivity index (χ2n) is 6.99. The topological polar surface area (TPSA) is 65.6 Å². The molecule has 0 spiro atoms. The van der Waals surface area contributed by atoms with Crippen LogP contribution in [0.3, 0.4) is 0 Å². The van der Waals surface area contributed by atoms with Gasteiger partial charge >= 0.3 is 0 Å². The number of benzene rings is 1. The van der Waals surface area contributed by atoms with Crippen molar-refractivity contribution in [2.45, 2.75) is 26.7 Å². The van der Waals surface area contributed by atoms with E-state index in [0.29, 0.717) is 39.0 Å². The highest BCUT2D eigenvalue weighted by molar-refractivity contribution is 5.81. The molecule has 144 valence electrons. The second kappa shape index (κ2) is 8.29. The van der Waals surface area contributed by atoms with Gasteiger partial charge in [-0.05, 0) is 48.7 Å². The highest BCUT2D eigenvalue weighted by atomic mass is 16.5. The van der Waals surface area contributed by atoms with Gasteiger partial charge < -0.3 is 19.5 Å². The fourth-order valence-corrected chi connectivity index (χ4v) is 3.50. The van der Waals surface area contributed by atoms with E-state index < -0.39 is 0 Å². The number of nitrogens with zero attached hydrogens (tertiary/aromatic N) is 2. The van der Waals surface area contributed by atoms with Crippen molar-refractivity contribution in [2.24, 2.45) is 0 Å². The Morgan fingerprint density at radius 2 is 1.59 bits per heavy atom. The fourth-order valence-electron chi connectivity index (χ4n) is 3.50. The van der Waals surface area contributed by atoms with Gasteiger partial charge in [0.15, 0.2) is 0 Å². The molecule has 0 saturated carbocycles. The molecular formula is C21H27N3O3. The van der Waals surface area contributed by atoms with Crippen molar-refractivity contribution >= 4 is 11.8 Å². The lowest BCUT2D eigenvalue weighted by Crippen LogP contribution is -2.51. The molecule has 2 heterocycles. The van der Waals surface area contributed by atoms with Gasteiger partial charge in [0.2, 0.25) is 11.8 Å². The molecule has 1 fully saturated rings. The van der Waals surface area contributed by atoms with Gasteiger partial charge in [0.25, 0.3) is 0 Å². The number of rotatable bonds is 5. The largest absolute Gasteiger partial charge is 0.496 e. The van der Waals surface area contributed by atoms with E-state index in [1.165, 1.54) is 0 Å². The van der Waals surface area contributed by atoms with Crippen LogP contribution < -0.4 is 4.74 Å². The first-order chi connectivity index (χ1) is 13.0. The SMILES string of the molecule is COc1ccc(CC(=O)N2CCN(C(=O)Cc3ccc[nH]3)CC2)c(C)c1C. The molecule has 27 heavy (non-hydrogen) atoms. The Balaban J connectivity index is 1.54. The molecule has 6 nitrogen and oxygen atoms in total. The summed E-state index contributed by atoms with van der Waals surface area (Å²) in [5.74, 6) is 1.06. The third-order valence-corrected chi connectivity index (χ3v) is 5.40. The van der Waals surface area contributed by atoms with Crippen LogP contribution in [0, 0.1) is 13.8 Å². The number of H-pyrrole nitrogens is 1. The van der Waals surface area contributed by atoms with E-state index in [1.54, 1.807) is 7.11 Å². The molecule has 1 aliphatic rings. The Kier molecular flexibility index (Phi) is 5.84. The summed E-state index contributed by atoms with van der Waals surface area (Å²) < 4.78 is 5.34. The zero-order chi connectivity index (χ0) is 19.4. The highest BCUT2D eigenvalue weighted by Crippen LogP contribution is 2.24. The maximum Gasteiger partial charge on any atom is 0.228 e. The molecule has 6 heteroatoms. The zero-order valence-corrected chi connectivity index (χ0v) is 16.2. The van der Waals surface area contributed by atoms with Crippen molar-refractivity contribution in [2.75, 3.05) is 33.3 Å². The van der Waals surface area contributed by atoms with Crippen molar-refractivity contribution in [1.29, 1.82) is 0 Å². The predicted octanol–water partition coefficient (Wildman–Crippen LogP) is 2.10. The summed E-state index contributed by atoms with van der Waals surface area (Å²) >= 11 is 0. The maximum atomic E-state index is 12.7. The molecule has 0 unspecified atom stereocenters. The minimum Gasteiger partial charge on any atom is -0.496 e. The number of amides is 2. The number of aromatic nitrogens is 1. The fraction of sp³-hybridized carbons (Fsp3) is 0.429. The van der Waals surface area contributed by atoms with E-state index >= 15 is 0 Å². The van der Waals surface area contributed by atoms with Crippen molar-refractivity contribution in [3.05, 3.63) is 52.8 Å². The molecule has 0 atom stereocenters. The first-order valence-electron chi connectivity index (χ1n) is 9.30. The lowest BCUT2D eigenvalue weighted by atomic mass is 9.99. The Morgan fingerprint density at radius 3 is 2.15 bits per heavy atom. The number of nitrogens with one attached hydrogen (secondary N) is 1. The van der Waals surface area contributed by atoms with E-state index in [9.17, 15) is 9.59 Å². The summed E-state index contributed by atoms with van der Waals surface area (Å²) in [7, 11) is 1.66. The Morgan fingerprint density at radius 1 is 0.963 bits per heavy atom. The minimum absolute atomic E-state index is 0.103. The number of piperazine rings is 1. The van der Waals surface area contributed by atoms with E-state index in [1.807, 2.05) is 54.1 Å². The van der Waals surface area contributed by atoms with Crippen LogP contribution in [0.25, 0.3) is 0 Å². The van der Waals surface area contributed by atoms with Crippen LogP contribution in [0.5, 0.6) is 5.75 Å². The lowest BCUT2D eigenvalue weighted by molar-refractivity contribution is -0.138. The van der Waals surface area contributed by atoms with Crippen LogP contribution in [0.4, 0.5) is 0 Å². The normalized spacial score (nSPS) is 14.3. The molecule has 3 rings (SSSR count). The van der Waals surface area contributed by atoms with Crippen LogP contribution in [0.15, 0.2) is 30.5 Å². The second-order valence-corrected chi connectivity index (χ2v) is 6.99. The zero-order valence-electron chi connectivity index (χ0n) is 16.2. The van der Waals surface area contributed by atoms with Crippen LogP contribution in [0.2, 0.25) is 0 Å². The summed E-state index contributed by atoms with van der Waals surface area (Å²) in [6, 6.07) is 7.69. The average molecular weight is 369 g/mol. The van der Waals surface area contributed by atoms with Crippen LogP contribution in [0.1, 0.15) is 22.4 Å². The summed E-state index contributed by atoms with van der Waals surface area (Å²) in [6.45, 7) is 6.39. The van der Waals surface area contributed by atoms with Crippen molar-refractivity contribution in [3.63, 3.8) is 0 Å². The van der Waals surface area contributed by atoms with Gasteiger partial charge in [-0.25, -0.2) is 0 Å². The molecule has 0 radical (unpaired) electrons. The Hall–Kier alpha value is -2.76. The third kappa shape index (κ3) is 4.32. The number of hydrogen-bond acceptors (Lipinski definition) is 3. The number of aromatic amines is 1. The van der Waals surface area contributed by atoms with Gasteiger partial charge in [-0.3, -0.25) is 9.59 Å². The molecule has 1 aliphatic heterocycles. The molecule has 1 saturated heterocycles. The molecule has 2 amide bonds. The van der Waals surface area contributed by atoms with Gasteiger partial charge in [-0.15, -0.1) is 0 Å². The van der Waals surface area contributed by atoms with Gasteiger partial charge in [0, 0.05) is 38.1 Å². The van der Waals surface area contributed by atoms with Gasteiger partial charge in [0.1, 0.15) is 5.75 Å². The van der Waals surface area contributed by atoms with Gasteiger partial charge in [-0.2, -0.15) is 0 Å². The Labute approximate surface area is 160 Å². The highest BCUT2D eigenvalue weighted by Gasteiger charge is 2.24. The molecule has 1 aromatic carbocycles. The monoisotopic (exact) mass is 369 g/mol. The standard InChI is InChI=1S/C21H27N3O3/c1-15-16(2)19(27-3)7-6-17(15)13-20(25)23-9-11-24(12-10-23)21(26)14-18-5-4-8-22-18/h4-8,22H,9-14H2,1-3H3. The number of ether oxygens (including phenoxy) is 1. The number of methoxy groups -OCH3 is 1. The summed E-state index contributed by atoms with van der Waals surface area (Å²) in [5, 5.41) is 0. The average Bonchev–Trinajstić information content (AvgIpc) is 3.18. The molecule has 1 N–H and O–H groups in total.